The van der Waals surface area contributed by atoms with Crippen molar-refractivity contribution >= 4 is 17.5 Å². The molecule has 0 atom stereocenters. The van der Waals surface area contributed by atoms with Gasteiger partial charge < -0.3 is 10.6 Å². The van der Waals surface area contributed by atoms with Gasteiger partial charge in [-0.3, -0.25) is 14.3 Å². The molecule has 6 heteroatoms. The number of anilines is 1. The first-order valence-corrected chi connectivity index (χ1v) is 8.33. The number of carbonyl (C=O) groups excluding carboxylic acids is 2. The molecule has 0 radical (unpaired) electrons. The lowest BCUT2D eigenvalue weighted by Crippen LogP contribution is -2.24. The van der Waals surface area contributed by atoms with E-state index in [2.05, 4.69) is 29.2 Å². The summed E-state index contributed by atoms with van der Waals surface area (Å²) >= 11 is 0. The van der Waals surface area contributed by atoms with E-state index < -0.39 is 0 Å². The molecule has 1 heterocycles. The van der Waals surface area contributed by atoms with Crippen LogP contribution in [-0.4, -0.2) is 21.6 Å². The number of hydrogen-bond acceptors (Lipinski definition) is 3. The molecule has 0 saturated carbocycles. The molecule has 2 aromatic rings. The van der Waals surface area contributed by atoms with Gasteiger partial charge in [-0.1, -0.05) is 25.6 Å². The van der Waals surface area contributed by atoms with E-state index >= 15 is 0 Å². The van der Waals surface area contributed by atoms with E-state index in [-0.39, 0.29) is 18.2 Å². The molecule has 0 aliphatic rings. The molecule has 0 spiro atoms. The first kappa shape index (κ1) is 18.4. The number of nitrogens with one attached hydrogen (secondary N) is 2. The third-order valence-electron chi connectivity index (χ3n) is 3.86. The van der Waals surface area contributed by atoms with E-state index in [4.69, 9.17) is 0 Å². The van der Waals surface area contributed by atoms with E-state index in [1.807, 2.05) is 17.7 Å². The number of aryl methyl sites for hydroxylation is 1. The second-order valence-electron chi connectivity index (χ2n) is 5.83. The van der Waals surface area contributed by atoms with E-state index in [9.17, 15) is 9.59 Å². The predicted octanol–water partition coefficient (Wildman–Crippen LogP) is 2.58. The quantitative estimate of drug-likeness (QED) is 0.725. The Morgan fingerprint density at radius 2 is 2.16 bits per heavy atom. The van der Waals surface area contributed by atoms with Crippen LogP contribution in [0.3, 0.4) is 0 Å². The second kappa shape index (κ2) is 8.82. The van der Waals surface area contributed by atoms with E-state index in [1.54, 1.807) is 24.4 Å². The SMILES string of the molecule is C=CC(=O)Nc1cccc(CC(=O)NCc2cnn(CCC)c2C)c1. The summed E-state index contributed by atoms with van der Waals surface area (Å²) in [5.41, 5.74) is 3.58. The van der Waals surface area contributed by atoms with Gasteiger partial charge in [0.05, 0.1) is 12.6 Å². The monoisotopic (exact) mass is 340 g/mol. The van der Waals surface area contributed by atoms with Gasteiger partial charge in [0.1, 0.15) is 0 Å². The molecule has 2 rings (SSSR count). The molecular formula is C19H24N4O2. The predicted molar refractivity (Wildman–Crippen MR) is 98.1 cm³/mol. The summed E-state index contributed by atoms with van der Waals surface area (Å²) in [7, 11) is 0. The number of aromatic nitrogens is 2. The number of hydrogen-bond donors (Lipinski definition) is 2. The zero-order valence-corrected chi connectivity index (χ0v) is 14.7. The zero-order chi connectivity index (χ0) is 18.2. The summed E-state index contributed by atoms with van der Waals surface area (Å²) in [5, 5.41) is 9.94. The van der Waals surface area contributed by atoms with Crippen molar-refractivity contribution in [2.75, 3.05) is 5.32 Å². The van der Waals surface area contributed by atoms with Crippen LogP contribution >= 0.6 is 0 Å². The van der Waals surface area contributed by atoms with E-state index in [0.717, 1.165) is 29.8 Å². The molecule has 0 aliphatic heterocycles. The molecule has 25 heavy (non-hydrogen) atoms. The number of rotatable bonds is 8. The van der Waals surface area contributed by atoms with E-state index in [0.29, 0.717) is 12.2 Å². The Morgan fingerprint density at radius 1 is 1.36 bits per heavy atom. The topological polar surface area (TPSA) is 76.0 Å². The van der Waals surface area contributed by atoms with Gasteiger partial charge in [-0.25, -0.2) is 0 Å². The lowest BCUT2D eigenvalue weighted by molar-refractivity contribution is -0.120. The summed E-state index contributed by atoms with van der Waals surface area (Å²) in [5.74, 6) is -0.351. The highest BCUT2D eigenvalue weighted by Gasteiger charge is 2.09. The lowest BCUT2D eigenvalue weighted by atomic mass is 10.1. The van der Waals surface area contributed by atoms with E-state index in [1.165, 1.54) is 6.08 Å². The average Bonchev–Trinajstić information content (AvgIpc) is 2.94. The Balaban J connectivity index is 1.91. The smallest absolute Gasteiger partial charge is 0.247 e. The highest BCUT2D eigenvalue weighted by molar-refractivity contribution is 5.98. The summed E-state index contributed by atoms with van der Waals surface area (Å²) in [6, 6.07) is 7.22. The van der Waals surface area contributed by atoms with Crippen molar-refractivity contribution < 1.29 is 9.59 Å². The summed E-state index contributed by atoms with van der Waals surface area (Å²) in [6.45, 7) is 8.87. The van der Waals surface area contributed by atoms with Gasteiger partial charge >= 0.3 is 0 Å². The van der Waals surface area contributed by atoms with Gasteiger partial charge in [0.15, 0.2) is 0 Å². The van der Waals surface area contributed by atoms with Crippen molar-refractivity contribution in [1.82, 2.24) is 15.1 Å². The van der Waals surface area contributed by atoms with Crippen molar-refractivity contribution in [1.29, 1.82) is 0 Å². The maximum absolute atomic E-state index is 12.2. The van der Waals surface area contributed by atoms with Crippen molar-refractivity contribution in [2.24, 2.45) is 0 Å². The number of amides is 2. The Hall–Kier alpha value is -2.89. The van der Waals surface area contributed by atoms with Crippen LogP contribution in [0, 0.1) is 6.92 Å². The van der Waals surface area contributed by atoms with Gasteiger partial charge in [0.25, 0.3) is 0 Å². The Labute approximate surface area is 147 Å². The maximum Gasteiger partial charge on any atom is 0.247 e. The molecule has 2 N–H and O–H groups in total. The second-order valence-corrected chi connectivity index (χ2v) is 5.83. The van der Waals surface area contributed by atoms with Crippen LogP contribution in [0.1, 0.15) is 30.2 Å². The van der Waals surface area contributed by atoms with Crippen LogP contribution in [-0.2, 0) is 29.1 Å². The lowest BCUT2D eigenvalue weighted by Gasteiger charge is -2.08. The highest BCUT2D eigenvalue weighted by Crippen LogP contribution is 2.12. The minimum Gasteiger partial charge on any atom is -0.352 e. The van der Waals surface area contributed by atoms with Crippen LogP contribution < -0.4 is 10.6 Å². The standard InChI is InChI=1S/C19H24N4O2/c1-4-9-23-14(3)16(13-21-23)12-20-19(25)11-15-7-6-8-17(10-15)22-18(24)5-2/h5-8,10,13H,2,4,9,11-12H2,1,3H3,(H,20,25)(H,22,24). The number of nitrogens with zero attached hydrogens (tertiary/aromatic N) is 2. The molecule has 0 aliphatic carbocycles. The minimum atomic E-state index is -0.277. The summed E-state index contributed by atoms with van der Waals surface area (Å²) in [4.78, 5) is 23.5. The molecule has 6 nitrogen and oxygen atoms in total. The van der Waals surface area contributed by atoms with Crippen molar-refractivity contribution in [2.45, 2.75) is 39.8 Å². The van der Waals surface area contributed by atoms with Crippen LogP contribution in [0.5, 0.6) is 0 Å². The number of benzene rings is 1. The third-order valence-corrected chi connectivity index (χ3v) is 3.86. The molecule has 0 fully saturated rings. The largest absolute Gasteiger partial charge is 0.352 e. The first-order chi connectivity index (χ1) is 12.0. The molecule has 0 saturated heterocycles. The van der Waals surface area contributed by atoms with Crippen molar-refractivity contribution in [3.05, 3.63) is 59.9 Å². The molecule has 132 valence electrons. The molecule has 1 aromatic carbocycles. The zero-order valence-electron chi connectivity index (χ0n) is 14.7. The molecule has 1 aromatic heterocycles. The molecule has 2 amide bonds. The minimum absolute atomic E-state index is 0.0742. The third kappa shape index (κ3) is 5.31. The van der Waals surface area contributed by atoms with Crippen molar-refractivity contribution in [3.63, 3.8) is 0 Å². The van der Waals surface area contributed by atoms with Gasteiger partial charge in [-0.15, -0.1) is 0 Å². The first-order valence-electron chi connectivity index (χ1n) is 8.33. The molecule has 0 unspecified atom stereocenters. The van der Waals surface area contributed by atoms with Gasteiger partial charge in [0.2, 0.25) is 11.8 Å². The fraction of sp³-hybridized carbons (Fsp3) is 0.316. The molecular weight excluding hydrogens is 316 g/mol. The fourth-order valence-electron chi connectivity index (χ4n) is 2.49. The van der Waals surface area contributed by atoms with Crippen LogP contribution in [0.4, 0.5) is 5.69 Å². The highest BCUT2D eigenvalue weighted by atomic mass is 16.2. The fourth-order valence-corrected chi connectivity index (χ4v) is 2.49. The maximum atomic E-state index is 12.2. The average molecular weight is 340 g/mol. The van der Waals surface area contributed by atoms with Crippen molar-refractivity contribution in [3.8, 4) is 0 Å². The Morgan fingerprint density at radius 3 is 2.88 bits per heavy atom. The molecule has 0 bridgehead atoms. The van der Waals surface area contributed by atoms with Crippen LogP contribution in [0.2, 0.25) is 0 Å². The van der Waals surface area contributed by atoms with Crippen LogP contribution in [0.15, 0.2) is 43.1 Å². The van der Waals surface area contributed by atoms with Gasteiger partial charge in [-0.05, 0) is 37.1 Å². The van der Waals surface area contributed by atoms with Gasteiger partial charge in [-0.2, -0.15) is 5.10 Å². The van der Waals surface area contributed by atoms with Crippen LogP contribution in [0.25, 0.3) is 0 Å². The van der Waals surface area contributed by atoms with Gasteiger partial charge in [0, 0.05) is 30.0 Å². The number of carbonyl (C=O) groups is 2. The summed E-state index contributed by atoms with van der Waals surface area (Å²) < 4.78 is 1.95. The Kier molecular flexibility index (Phi) is 6.51. The summed E-state index contributed by atoms with van der Waals surface area (Å²) in [6.07, 6.45) is 4.28. The normalized spacial score (nSPS) is 10.3. The Bertz CT molecular complexity index is 765.